The summed E-state index contributed by atoms with van der Waals surface area (Å²) < 4.78 is 5.57. The van der Waals surface area contributed by atoms with Crippen molar-refractivity contribution in [3.63, 3.8) is 0 Å². The van der Waals surface area contributed by atoms with Gasteiger partial charge >= 0.3 is 0 Å². The molecule has 0 aromatic heterocycles. The number of rotatable bonds is 6. The maximum absolute atomic E-state index is 12.4. The van der Waals surface area contributed by atoms with Crippen molar-refractivity contribution in [1.29, 1.82) is 0 Å². The topological polar surface area (TPSA) is 66.9 Å². The predicted octanol–water partition coefficient (Wildman–Crippen LogP) is 2.35. The molecule has 1 saturated heterocycles. The first-order valence-corrected chi connectivity index (χ1v) is 9.32. The molecule has 0 radical (unpaired) electrons. The van der Waals surface area contributed by atoms with Crippen molar-refractivity contribution < 1.29 is 19.1 Å². The first kappa shape index (κ1) is 18.7. The van der Waals surface area contributed by atoms with E-state index in [0.717, 1.165) is 30.6 Å². The number of hydrogen-bond acceptors (Lipinski definition) is 4. The second kappa shape index (κ2) is 8.08. The van der Waals surface area contributed by atoms with Crippen LogP contribution in [0.3, 0.4) is 0 Å². The Labute approximate surface area is 158 Å². The number of imide groups is 1. The maximum Gasteiger partial charge on any atom is 0.242 e. The van der Waals surface area contributed by atoms with Crippen LogP contribution in [0.25, 0.3) is 0 Å². The van der Waals surface area contributed by atoms with Gasteiger partial charge in [0.25, 0.3) is 0 Å². The average Bonchev–Trinajstić information content (AvgIpc) is 2.88. The third kappa shape index (κ3) is 4.01. The Morgan fingerprint density at radius 3 is 2.31 bits per heavy atom. The lowest BCUT2D eigenvalue weighted by Gasteiger charge is -2.21. The number of carbonyl (C=O) groups excluding carboxylic acids is 3. The molecule has 0 unspecified atom stereocenters. The van der Waals surface area contributed by atoms with E-state index in [2.05, 4.69) is 0 Å². The van der Waals surface area contributed by atoms with Crippen molar-refractivity contribution in [1.82, 2.24) is 9.80 Å². The Kier molecular flexibility index (Phi) is 5.81. The molecule has 1 saturated carbocycles. The molecular formula is C19H23ClN2O4. The van der Waals surface area contributed by atoms with Crippen molar-refractivity contribution in [2.45, 2.75) is 25.7 Å². The number of carbonyl (C=O) groups is 3. The summed E-state index contributed by atoms with van der Waals surface area (Å²) in [6, 6.07) is 6.98. The van der Waals surface area contributed by atoms with Crippen molar-refractivity contribution in [3.05, 3.63) is 29.3 Å². The molecule has 1 aromatic carbocycles. The summed E-state index contributed by atoms with van der Waals surface area (Å²) in [7, 11) is 1.64. The monoisotopic (exact) mass is 378 g/mol. The van der Waals surface area contributed by atoms with Crippen LogP contribution in [0.2, 0.25) is 5.02 Å². The highest BCUT2D eigenvalue weighted by atomic mass is 35.5. The highest BCUT2D eigenvalue weighted by molar-refractivity contribution is 6.30. The minimum Gasteiger partial charge on any atom is -0.492 e. The van der Waals surface area contributed by atoms with Gasteiger partial charge in [-0.1, -0.05) is 24.4 Å². The molecule has 3 amide bonds. The number of nitrogens with zero attached hydrogens (tertiary/aromatic N) is 2. The van der Waals surface area contributed by atoms with Gasteiger partial charge in [0, 0.05) is 12.1 Å². The number of ether oxygens (including phenoxy) is 1. The van der Waals surface area contributed by atoms with Gasteiger partial charge < -0.3 is 9.64 Å². The van der Waals surface area contributed by atoms with Gasteiger partial charge in [-0.25, -0.2) is 0 Å². The van der Waals surface area contributed by atoms with Crippen LogP contribution in [0.4, 0.5) is 0 Å². The lowest BCUT2D eigenvalue weighted by Crippen LogP contribution is -2.42. The van der Waals surface area contributed by atoms with Crippen molar-refractivity contribution in [3.8, 4) is 5.75 Å². The normalized spacial score (nSPS) is 22.3. The summed E-state index contributed by atoms with van der Waals surface area (Å²) in [5.41, 5.74) is 0. The molecule has 2 atom stereocenters. The van der Waals surface area contributed by atoms with E-state index in [9.17, 15) is 14.4 Å². The Morgan fingerprint density at radius 1 is 1.15 bits per heavy atom. The molecule has 1 aromatic rings. The number of likely N-dealkylation sites (tertiary alicyclic amines) is 1. The van der Waals surface area contributed by atoms with Crippen molar-refractivity contribution in [2.75, 3.05) is 26.7 Å². The minimum absolute atomic E-state index is 0.178. The van der Waals surface area contributed by atoms with E-state index in [0.29, 0.717) is 23.9 Å². The van der Waals surface area contributed by atoms with Crippen LogP contribution in [0, 0.1) is 11.8 Å². The van der Waals surface area contributed by atoms with Crippen LogP contribution in [-0.4, -0.2) is 54.3 Å². The van der Waals surface area contributed by atoms with Crippen LogP contribution in [0.1, 0.15) is 25.7 Å². The predicted molar refractivity (Wildman–Crippen MR) is 96.8 cm³/mol. The van der Waals surface area contributed by atoms with Crippen LogP contribution in [-0.2, 0) is 14.4 Å². The molecule has 3 rings (SSSR count). The van der Waals surface area contributed by atoms with E-state index in [1.807, 2.05) is 0 Å². The van der Waals surface area contributed by atoms with Gasteiger partial charge in [0.15, 0.2) is 0 Å². The van der Waals surface area contributed by atoms with Crippen molar-refractivity contribution >= 4 is 29.3 Å². The fourth-order valence-corrected chi connectivity index (χ4v) is 3.72. The van der Waals surface area contributed by atoms with Gasteiger partial charge in [0.2, 0.25) is 17.7 Å². The third-order valence-corrected chi connectivity index (χ3v) is 5.41. The first-order chi connectivity index (χ1) is 12.5. The molecular weight excluding hydrogens is 356 g/mol. The van der Waals surface area contributed by atoms with E-state index in [4.69, 9.17) is 16.3 Å². The fraction of sp³-hybridized carbons (Fsp3) is 0.526. The quantitative estimate of drug-likeness (QED) is 0.713. The summed E-state index contributed by atoms with van der Waals surface area (Å²) >= 11 is 5.82. The van der Waals surface area contributed by atoms with Crippen molar-refractivity contribution in [2.24, 2.45) is 11.8 Å². The molecule has 0 spiro atoms. The summed E-state index contributed by atoms with van der Waals surface area (Å²) in [4.78, 5) is 39.9. The van der Waals surface area contributed by atoms with Gasteiger partial charge in [-0.05, 0) is 37.1 Å². The number of halogens is 1. The van der Waals surface area contributed by atoms with Gasteiger partial charge in [0.05, 0.1) is 18.4 Å². The molecule has 1 aliphatic heterocycles. The summed E-state index contributed by atoms with van der Waals surface area (Å²) in [5.74, 6) is -0.391. The smallest absolute Gasteiger partial charge is 0.242 e. The fourth-order valence-electron chi connectivity index (χ4n) is 3.60. The second-order valence-electron chi connectivity index (χ2n) is 6.88. The van der Waals surface area contributed by atoms with E-state index in [1.165, 1.54) is 4.90 Å². The Hall–Kier alpha value is -2.08. The zero-order valence-corrected chi connectivity index (χ0v) is 15.6. The van der Waals surface area contributed by atoms with E-state index in [1.54, 1.807) is 31.3 Å². The van der Waals surface area contributed by atoms with Gasteiger partial charge in [-0.3, -0.25) is 19.3 Å². The lowest BCUT2D eigenvalue weighted by molar-refractivity contribution is -0.146. The first-order valence-electron chi connectivity index (χ1n) is 8.95. The molecule has 2 fully saturated rings. The van der Waals surface area contributed by atoms with Gasteiger partial charge in [0.1, 0.15) is 18.9 Å². The number of fused-ring (bicyclic) bond motifs is 1. The zero-order chi connectivity index (χ0) is 18.7. The molecule has 0 N–H and O–H groups in total. The number of hydrogen-bond donors (Lipinski definition) is 0. The Morgan fingerprint density at radius 2 is 1.73 bits per heavy atom. The van der Waals surface area contributed by atoms with Gasteiger partial charge in [-0.15, -0.1) is 0 Å². The minimum atomic E-state index is -0.259. The van der Waals surface area contributed by atoms with Crippen LogP contribution in [0.15, 0.2) is 24.3 Å². The molecule has 2 aliphatic rings. The Balaban J connectivity index is 1.48. The Bertz CT molecular complexity index is 667. The number of amides is 3. The van der Waals surface area contributed by atoms with E-state index >= 15 is 0 Å². The number of likely N-dealkylation sites (N-methyl/N-ethyl adjacent to an activating group) is 1. The highest BCUT2D eigenvalue weighted by Gasteiger charge is 2.48. The van der Waals surface area contributed by atoms with Crippen LogP contribution < -0.4 is 4.74 Å². The third-order valence-electron chi connectivity index (χ3n) is 5.16. The maximum atomic E-state index is 12.4. The summed E-state index contributed by atoms with van der Waals surface area (Å²) in [5, 5.41) is 0.630. The molecule has 1 heterocycles. The largest absolute Gasteiger partial charge is 0.492 e. The second-order valence-corrected chi connectivity index (χ2v) is 7.31. The summed E-state index contributed by atoms with van der Waals surface area (Å²) in [6.07, 6.45) is 3.46. The standard InChI is InChI=1S/C19H23ClN2O4/c1-21(10-11-26-14-8-6-13(20)7-9-14)17(23)12-22-18(24)15-4-2-3-5-16(15)19(22)25/h6-9,15-16H,2-5,10-12H2,1H3/t15-,16-/m0/s1. The van der Waals surface area contributed by atoms with E-state index < -0.39 is 0 Å². The van der Waals surface area contributed by atoms with Gasteiger partial charge in [-0.2, -0.15) is 0 Å². The molecule has 6 nitrogen and oxygen atoms in total. The SMILES string of the molecule is CN(CCOc1ccc(Cl)cc1)C(=O)CN1C(=O)[C@H]2CCCC[C@@H]2C1=O. The lowest BCUT2D eigenvalue weighted by atomic mass is 9.81. The molecule has 1 aliphatic carbocycles. The van der Waals surface area contributed by atoms with Crippen LogP contribution >= 0.6 is 11.6 Å². The molecule has 26 heavy (non-hydrogen) atoms. The molecule has 140 valence electrons. The highest BCUT2D eigenvalue weighted by Crippen LogP contribution is 2.37. The average molecular weight is 379 g/mol. The molecule has 0 bridgehead atoms. The van der Waals surface area contributed by atoms with Crippen LogP contribution in [0.5, 0.6) is 5.75 Å². The zero-order valence-electron chi connectivity index (χ0n) is 14.8. The molecule has 7 heteroatoms. The summed E-state index contributed by atoms with van der Waals surface area (Å²) in [6.45, 7) is 0.504. The van der Waals surface area contributed by atoms with E-state index in [-0.39, 0.29) is 36.1 Å². The number of benzene rings is 1.